The fourth-order valence-electron chi connectivity index (χ4n) is 1.98. The summed E-state index contributed by atoms with van der Waals surface area (Å²) in [7, 11) is 5.58. The van der Waals surface area contributed by atoms with Crippen LogP contribution in [0.3, 0.4) is 0 Å². The Kier molecular flexibility index (Phi) is 7.60. The minimum absolute atomic E-state index is 0. The van der Waals surface area contributed by atoms with Crippen LogP contribution in [-0.2, 0) is 6.54 Å². The number of methoxy groups -OCH3 is 1. The summed E-state index contributed by atoms with van der Waals surface area (Å²) in [6.45, 7) is 0.420. The molecular weight excluding hydrogens is 405 g/mol. The largest absolute Gasteiger partial charge is 0.497 e. The van der Waals surface area contributed by atoms with Gasteiger partial charge in [-0.15, -0.1) is 24.0 Å². The number of nitrogens with zero attached hydrogens (tertiary/aromatic N) is 3. The van der Waals surface area contributed by atoms with Crippen molar-refractivity contribution in [1.82, 2.24) is 4.98 Å². The lowest BCUT2D eigenvalue weighted by atomic mass is 10.3. The van der Waals surface area contributed by atoms with Crippen molar-refractivity contribution in [2.24, 2.45) is 10.7 Å². The third-order valence-electron chi connectivity index (χ3n) is 3.11. The Bertz CT molecular complexity index is 643. The van der Waals surface area contributed by atoms with E-state index in [1.54, 1.807) is 13.3 Å². The molecule has 0 aliphatic heterocycles. The molecule has 2 aromatic rings. The van der Waals surface area contributed by atoms with Crippen molar-refractivity contribution in [1.29, 1.82) is 0 Å². The summed E-state index contributed by atoms with van der Waals surface area (Å²) in [6, 6.07) is 11.4. The van der Waals surface area contributed by atoms with Gasteiger partial charge in [-0.1, -0.05) is 0 Å². The number of anilines is 2. The number of benzene rings is 1. The molecule has 124 valence electrons. The number of hydrogen-bond donors (Lipinski definition) is 2. The van der Waals surface area contributed by atoms with Gasteiger partial charge < -0.3 is 20.7 Å². The number of ether oxygens (including phenoxy) is 1. The summed E-state index contributed by atoms with van der Waals surface area (Å²) >= 11 is 0. The van der Waals surface area contributed by atoms with Gasteiger partial charge in [0.05, 0.1) is 25.0 Å². The van der Waals surface area contributed by atoms with Crippen LogP contribution in [0.5, 0.6) is 5.75 Å². The van der Waals surface area contributed by atoms with E-state index in [1.807, 2.05) is 55.4 Å². The van der Waals surface area contributed by atoms with Crippen LogP contribution in [0.25, 0.3) is 0 Å². The minimum atomic E-state index is 0. The van der Waals surface area contributed by atoms with Crippen molar-refractivity contribution >= 4 is 41.3 Å². The highest BCUT2D eigenvalue weighted by Gasteiger charge is 2.04. The second-order valence-corrected chi connectivity index (χ2v) is 4.92. The fraction of sp³-hybridized carbons (Fsp3) is 0.250. The van der Waals surface area contributed by atoms with E-state index in [9.17, 15) is 0 Å². The molecule has 6 nitrogen and oxygen atoms in total. The van der Waals surface area contributed by atoms with Crippen molar-refractivity contribution in [2.75, 3.05) is 31.4 Å². The van der Waals surface area contributed by atoms with Crippen LogP contribution in [0.4, 0.5) is 11.4 Å². The number of aromatic nitrogens is 1. The zero-order valence-corrected chi connectivity index (χ0v) is 15.8. The van der Waals surface area contributed by atoms with Crippen LogP contribution in [0.15, 0.2) is 47.6 Å². The standard InChI is InChI=1S/C16H21N5O.HI/c1-21(2)15-5-4-10-18-14(15)11-19-16(17)20-12-6-8-13(22-3)9-7-12;/h4-10H,11H2,1-3H3,(H3,17,19,20);1H. The van der Waals surface area contributed by atoms with E-state index in [2.05, 4.69) is 15.3 Å². The summed E-state index contributed by atoms with van der Waals surface area (Å²) in [5.74, 6) is 1.14. The predicted octanol–water partition coefficient (Wildman–Crippen LogP) is 2.70. The highest BCUT2D eigenvalue weighted by atomic mass is 127. The lowest BCUT2D eigenvalue weighted by molar-refractivity contribution is 0.415. The maximum absolute atomic E-state index is 5.92. The molecular formula is C16H22IN5O. The molecule has 0 amide bonds. The third kappa shape index (κ3) is 5.59. The summed E-state index contributed by atoms with van der Waals surface area (Å²) in [4.78, 5) is 10.7. The fourth-order valence-corrected chi connectivity index (χ4v) is 1.98. The molecule has 0 saturated heterocycles. The Morgan fingerprint density at radius 3 is 2.57 bits per heavy atom. The number of pyridine rings is 1. The number of guanidine groups is 1. The third-order valence-corrected chi connectivity index (χ3v) is 3.11. The molecule has 0 saturated carbocycles. The first-order valence-corrected chi connectivity index (χ1v) is 6.92. The maximum Gasteiger partial charge on any atom is 0.193 e. The zero-order valence-electron chi connectivity index (χ0n) is 13.5. The molecule has 23 heavy (non-hydrogen) atoms. The average Bonchev–Trinajstić information content (AvgIpc) is 2.54. The van der Waals surface area contributed by atoms with Crippen LogP contribution in [-0.4, -0.2) is 32.1 Å². The quantitative estimate of drug-likeness (QED) is 0.436. The topological polar surface area (TPSA) is 75.8 Å². The van der Waals surface area contributed by atoms with E-state index in [0.29, 0.717) is 12.5 Å². The lowest BCUT2D eigenvalue weighted by Crippen LogP contribution is -2.23. The van der Waals surface area contributed by atoms with E-state index < -0.39 is 0 Å². The Morgan fingerprint density at radius 2 is 1.96 bits per heavy atom. The Labute approximate surface area is 153 Å². The van der Waals surface area contributed by atoms with Gasteiger partial charge in [0.2, 0.25) is 0 Å². The van der Waals surface area contributed by atoms with E-state index in [4.69, 9.17) is 10.5 Å². The monoisotopic (exact) mass is 427 g/mol. The van der Waals surface area contributed by atoms with E-state index in [1.165, 1.54) is 0 Å². The van der Waals surface area contributed by atoms with Gasteiger partial charge in [-0.25, -0.2) is 4.99 Å². The molecule has 0 spiro atoms. The van der Waals surface area contributed by atoms with Gasteiger partial charge in [0.1, 0.15) is 5.75 Å². The molecule has 0 atom stereocenters. The highest BCUT2D eigenvalue weighted by Crippen LogP contribution is 2.17. The molecule has 0 bridgehead atoms. The van der Waals surface area contributed by atoms with Crippen LogP contribution in [0.2, 0.25) is 0 Å². The molecule has 7 heteroatoms. The van der Waals surface area contributed by atoms with Crippen molar-refractivity contribution in [3.63, 3.8) is 0 Å². The molecule has 0 aliphatic rings. The first kappa shape index (κ1) is 19.0. The average molecular weight is 427 g/mol. The van der Waals surface area contributed by atoms with Crippen molar-refractivity contribution in [3.8, 4) is 5.75 Å². The number of halogens is 1. The molecule has 0 radical (unpaired) electrons. The Hall–Kier alpha value is -2.03. The van der Waals surface area contributed by atoms with Crippen molar-refractivity contribution in [3.05, 3.63) is 48.3 Å². The second-order valence-electron chi connectivity index (χ2n) is 4.92. The van der Waals surface area contributed by atoms with Crippen LogP contribution in [0.1, 0.15) is 5.69 Å². The number of rotatable bonds is 5. The van der Waals surface area contributed by atoms with Gasteiger partial charge in [0.15, 0.2) is 5.96 Å². The van der Waals surface area contributed by atoms with Gasteiger partial charge in [0, 0.05) is 26.0 Å². The smallest absolute Gasteiger partial charge is 0.193 e. The highest BCUT2D eigenvalue weighted by molar-refractivity contribution is 14.0. The molecule has 0 unspecified atom stereocenters. The summed E-state index contributed by atoms with van der Waals surface area (Å²) in [6.07, 6.45) is 1.75. The Balaban J connectivity index is 0.00000264. The van der Waals surface area contributed by atoms with E-state index >= 15 is 0 Å². The molecule has 1 aromatic heterocycles. The number of nitrogens with one attached hydrogen (secondary N) is 1. The van der Waals surface area contributed by atoms with Gasteiger partial charge in [-0.05, 0) is 36.4 Å². The predicted molar refractivity (Wildman–Crippen MR) is 106 cm³/mol. The van der Waals surface area contributed by atoms with Gasteiger partial charge in [-0.2, -0.15) is 0 Å². The number of nitrogens with two attached hydrogens (primary N) is 1. The van der Waals surface area contributed by atoms with Crippen molar-refractivity contribution in [2.45, 2.75) is 6.54 Å². The second kappa shape index (κ2) is 9.19. The number of hydrogen-bond acceptors (Lipinski definition) is 4. The minimum Gasteiger partial charge on any atom is -0.497 e. The first-order chi connectivity index (χ1) is 10.6. The van der Waals surface area contributed by atoms with Gasteiger partial charge in [-0.3, -0.25) is 4.98 Å². The van der Waals surface area contributed by atoms with E-state index in [0.717, 1.165) is 22.8 Å². The van der Waals surface area contributed by atoms with Gasteiger partial charge >= 0.3 is 0 Å². The van der Waals surface area contributed by atoms with Crippen molar-refractivity contribution < 1.29 is 4.74 Å². The molecule has 0 fully saturated rings. The molecule has 2 rings (SSSR count). The van der Waals surface area contributed by atoms with Gasteiger partial charge in [0.25, 0.3) is 0 Å². The molecule has 1 heterocycles. The molecule has 1 aromatic carbocycles. The normalized spacial score (nSPS) is 10.7. The van der Waals surface area contributed by atoms with E-state index in [-0.39, 0.29) is 24.0 Å². The summed E-state index contributed by atoms with van der Waals surface area (Å²) < 4.78 is 5.11. The molecule has 3 N–H and O–H groups in total. The first-order valence-electron chi connectivity index (χ1n) is 6.92. The molecule has 0 aliphatic carbocycles. The van der Waals surface area contributed by atoms with Crippen LogP contribution >= 0.6 is 24.0 Å². The maximum atomic E-state index is 5.92. The summed E-state index contributed by atoms with van der Waals surface area (Å²) in [5, 5.41) is 3.04. The SMILES string of the molecule is COc1ccc(NC(N)=NCc2ncccc2N(C)C)cc1.I. The number of aliphatic imine (C=N–C) groups is 1. The Morgan fingerprint density at radius 1 is 1.26 bits per heavy atom. The van der Waals surface area contributed by atoms with Crippen LogP contribution < -0.4 is 20.7 Å². The van der Waals surface area contributed by atoms with Crippen LogP contribution in [0, 0.1) is 0 Å². The zero-order chi connectivity index (χ0) is 15.9. The lowest BCUT2D eigenvalue weighted by Gasteiger charge is -2.15. The summed E-state index contributed by atoms with van der Waals surface area (Å²) in [5.41, 5.74) is 8.69.